The zero-order chi connectivity index (χ0) is 19.5. The molecule has 8 nitrogen and oxygen atoms in total. The predicted molar refractivity (Wildman–Crippen MR) is 104 cm³/mol. The fourth-order valence-electron chi connectivity index (χ4n) is 3.53. The Labute approximate surface area is 162 Å². The number of aliphatic hydroxyl groups excluding tert-OH is 1. The van der Waals surface area contributed by atoms with Crippen LogP contribution in [0.25, 0.3) is 11.4 Å². The van der Waals surface area contributed by atoms with Gasteiger partial charge in [0.05, 0.1) is 17.6 Å². The zero-order valence-electron chi connectivity index (χ0n) is 15.3. The van der Waals surface area contributed by atoms with Gasteiger partial charge in [-0.1, -0.05) is 24.3 Å². The van der Waals surface area contributed by atoms with Crippen molar-refractivity contribution in [2.75, 3.05) is 13.1 Å². The van der Waals surface area contributed by atoms with Gasteiger partial charge in [-0.2, -0.15) is 5.10 Å². The molecule has 1 N–H and O–H groups in total. The summed E-state index contributed by atoms with van der Waals surface area (Å²) in [5.74, 6) is 0.481. The van der Waals surface area contributed by atoms with Crippen LogP contribution in [0.4, 0.5) is 5.69 Å². The summed E-state index contributed by atoms with van der Waals surface area (Å²) in [5.41, 5.74) is 3.44. The van der Waals surface area contributed by atoms with E-state index in [-0.39, 0.29) is 5.69 Å². The van der Waals surface area contributed by atoms with Gasteiger partial charge < -0.3 is 5.11 Å². The lowest BCUT2D eigenvalue weighted by Crippen LogP contribution is -2.38. The monoisotopic (exact) mass is 379 g/mol. The van der Waals surface area contributed by atoms with Crippen LogP contribution in [-0.2, 0) is 19.5 Å². The molecule has 0 radical (unpaired) electrons. The van der Waals surface area contributed by atoms with Crippen molar-refractivity contribution in [2.24, 2.45) is 0 Å². The first-order valence-corrected chi connectivity index (χ1v) is 9.20. The van der Waals surface area contributed by atoms with Gasteiger partial charge in [0.15, 0.2) is 5.82 Å². The number of non-ortho nitro benzene ring substituents is 1. The van der Waals surface area contributed by atoms with E-state index in [9.17, 15) is 15.2 Å². The Morgan fingerprint density at radius 3 is 2.61 bits per heavy atom. The lowest BCUT2D eigenvalue weighted by Gasteiger charge is -2.30. The normalized spacial score (nSPS) is 15.2. The van der Waals surface area contributed by atoms with E-state index in [4.69, 9.17) is 0 Å². The molecule has 3 aromatic rings. The third-order valence-electron chi connectivity index (χ3n) is 4.95. The Morgan fingerprint density at radius 1 is 1.11 bits per heavy atom. The summed E-state index contributed by atoms with van der Waals surface area (Å²) < 4.78 is 1.61. The van der Waals surface area contributed by atoms with Gasteiger partial charge in [-0.25, -0.2) is 9.67 Å². The largest absolute Gasteiger partial charge is 0.390 e. The van der Waals surface area contributed by atoms with Crippen LogP contribution in [0.5, 0.6) is 0 Å². The predicted octanol–water partition coefficient (Wildman–Crippen LogP) is 2.27. The molecule has 0 amide bonds. The molecular formula is C20H21N5O3. The summed E-state index contributed by atoms with van der Waals surface area (Å²) in [6.45, 7) is 2.69. The van der Waals surface area contributed by atoms with Gasteiger partial charge in [0.1, 0.15) is 6.33 Å². The molecule has 1 aliphatic heterocycles. The van der Waals surface area contributed by atoms with Crippen LogP contribution in [0, 0.1) is 10.1 Å². The Balaban J connectivity index is 1.35. The number of nitro benzene ring substituents is 1. The maximum Gasteiger partial charge on any atom is 0.269 e. The molecule has 0 aliphatic carbocycles. The van der Waals surface area contributed by atoms with Crippen LogP contribution in [0.15, 0.2) is 54.9 Å². The van der Waals surface area contributed by atoms with Crippen molar-refractivity contribution in [2.45, 2.75) is 25.6 Å². The summed E-state index contributed by atoms with van der Waals surface area (Å²) in [7, 11) is 0. The highest BCUT2D eigenvalue weighted by molar-refractivity contribution is 5.56. The molecule has 8 heteroatoms. The van der Waals surface area contributed by atoms with Gasteiger partial charge in [0, 0.05) is 37.3 Å². The number of aromatic nitrogens is 3. The Bertz CT molecular complexity index is 970. The SMILES string of the molecule is O=[N+]([O-])c1ccc(-c2ncn(C[C@@H](O)CN3CCc4ccccc4C3)n2)cc1. The summed E-state index contributed by atoms with van der Waals surface area (Å²) in [5, 5.41) is 25.6. The van der Waals surface area contributed by atoms with Crippen LogP contribution in [-0.4, -0.2) is 48.9 Å². The number of benzene rings is 2. The first-order chi connectivity index (χ1) is 13.6. The van der Waals surface area contributed by atoms with Gasteiger partial charge in [0.25, 0.3) is 5.69 Å². The van der Waals surface area contributed by atoms with Crippen molar-refractivity contribution < 1.29 is 10.0 Å². The van der Waals surface area contributed by atoms with Crippen molar-refractivity contribution in [3.8, 4) is 11.4 Å². The highest BCUT2D eigenvalue weighted by Gasteiger charge is 2.19. The molecular weight excluding hydrogens is 358 g/mol. The molecule has 1 atom stereocenters. The van der Waals surface area contributed by atoms with Gasteiger partial charge in [-0.3, -0.25) is 15.0 Å². The maximum absolute atomic E-state index is 10.7. The molecule has 1 aliphatic rings. The molecule has 0 fully saturated rings. The number of fused-ring (bicyclic) bond motifs is 1. The van der Waals surface area contributed by atoms with E-state index < -0.39 is 11.0 Å². The minimum absolute atomic E-state index is 0.0294. The third kappa shape index (κ3) is 4.08. The van der Waals surface area contributed by atoms with Gasteiger partial charge in [0.2, 0.25) is 0 Å². The molecule has 4 rings (SSSR count). The molecule has 144 valence electrons. The first kappa shape index (κ1) is 18.3. The second kappa shape index (κ2) is 7.87. The number of nitro groups is 1. The number of aliphatic hydroxyl groups is 1. The molecule has 1 aromatic heterocycles. The van der Waals surface area contributed by atoms with E-state index in [0.717, 1.165) is 19.5 Å². The zero-order valence-corrected chi connectivity index (χ0v) is 15.3. The average Bonchev–Trinajstić information content (AvgIpc) is 3.16. The highest BCUT2D eigenvalue weighted by atomic mass is 16.6. The first-order valence-electron chi connectivity index (χ1n) is 9.20. The topological polar surface area (TPSA) is 97.3 Å². The van der Waals surface area contributed by atoms with Crippen molar-refractivity contribution in [1.82, 2.24) is 19.7 Å². The fraction of sp³-hybridized carbons (Fsp3) is 0.300. The molecule has 0 unspecified atom stereocenters. The van der Waals surface area contributed by atoms with Crippen LogP contribution in [0.2, 0.25) is 0 Å². The molecule has 0 bridgehead atoms. The summed E-state index contributed by atoms with van der Waals surface area (Å²) in [6, 6.07) is 14.5. The van der Waals surface area contributed by atoms with Gasteiger partial charge in [-0.15, -0.1) is 0 Å². The molecule has 2 heterocycles. The smallest absolute Gasteiger partial charge is 0.269 e. The van der Waals surface area contributed by atoms with Crippen LogP contribution >= 0.6 is 0 Å². The maximum atomic E-state index is 10.7. The fourth-order valence-corrected chi connectivity index (χ4v) is 3.53. The second-order valence-electron chi connectivity index (χ2n) is 7.00. The minimum Gasteiger partial charge on any atom is -0.390 e. The number of nitrogens with zero attached hydrogens (tertiary/aromatic N) is 5. The quantitative estimate of drug-likeness (QED) is 0.521. The molecule has 0 spiro atoms. The van der Waals surface area contributed by atoms with Crippen molar-refractivity contribution in [3.05, 3.63) is 76.1 Å². The van der Waals surface area contributed by atoms with Gasteiger partial charge >= 0.3 is 0 Å². The number of hydrogen-bond donors (Lipinski definition) is 1. The number of β-amino-alcohol motifs (C(OH)–C–C–N with tert-alkyl or cyclic N) is 1. The van der Waals surface area contributed by atoms with Crippen LogP contribution in [0.3, 0.4) is 0 Å². The minimum atomic E-state index is -0.559. The Kier molecular flexibility index (Phi) is 5.14. The molecule has 0 saturated heterocycles. The van der Waals surface area contributed by atoms with E-state index in [0.29, 0.717) is 24.5 Å². The highest BCUT2D eigenvalue weighted by Crippen LogP contribution is 2.20. The average molecular weight is 379 g/mol. The van der Waals surface area contributed by atoms with E-state index >= 15 is 0 Å². The third-order valence-corrected chi connectivity index (χ3v) is 4.95. The van der Waals surface area contributed by atoms with Crippen LogP contribution < -0.4 is 0 Å². The van der Waals surface area contributed by atoms with E-state index in [1.165, 1.54) is 23.3 Å². The summed E-state index contributed by atoms with van der Waals surface area (Å²) in [6.07, 6.45) is 2.01. The lowest BCUT2D eigenvalue weighted by atomic mass is 10.00. The molecule has 28 heavy (non-hydrogen) atoms. The molecule has 0 saturated carbocycles. The number of rotatable bonds is 6. The molecule has 2 aromatic carbocycles. The Hall–Kier alpha value is -3.10. The number of hydrogen-bond acceptors (Lipinski definition) is 6. The van der Waals surface area contributed by atoms with Crippen molar-refractivity contribution in [1.29, 1.82) is 0 Å². The lowest BCUT2D eigenvalue weighted by molar-refractivity contribution is -0.384. The standard InChI is InChI=1S/C20H21N5O3/c26-19(12-23-10-9-15-3-1-2-4-17(15)11-23)13-24-14-21-20(22-24)16-5-7-18(8-6-16)25(27)28/h1-8,14,19,26H,9-13H2/t19-/m0/s1. The summed E-state index contributed by atoms with van der Waals surface area (Å²) >= 11 is 0. The van der Waals surface area contributed by atoms with Gasteiger partial charge in [-0.05, 0) is 29.7 Å². The second-order valence-corrected chi connectivity index (χ2v) is 7.00. The Morgan fingerprint density at radius 2 is 1.86 bits per heavy atom. The summed E-state index contributed by atoms with van der Waals surface area (Å²) in [4.78, 5) is 16.8. The van der Waals surface area contributed by atoms with E-state index in [2.05, 4.69) is 33.2 Å². The van der Waals surface area contributed by atoms with Crippen LogP contribution in [0.1, 0.15) is 11.1 Å². The van der Waals surface area contributed by atoms with Crippen molar-refractivity contribution >= 4 is 5.69 Å². The van der Waals surface area contributed by atoms with E-state index in [1.54, 1.807) is 23.1 Å². The van der Waals surface area contributed by atoms with Crippen molar-refractivity contribution in [3.63, 3.8) is 0 Å². The van der Waals surface area contributed by atoms with E-state index in [1.807, 2.05) is 6.07 Å².